The number of aliphatic hydroxyl groups is 3. The monoisotopic (exact) mass is 445 g/mol. The van der Waals surface area contributed by atoms with Crippen LogP contribution in [0.3, 0.4) is 0 Å². The molecule has 14 heteroatoms. The SMILES string of the molecule is CC(=O)OC[C@H]1O[C@@H](OCCCNc2ccc([N+](=O)[O-])cc2[N+](=O)[O-])[C@H](O)[C@@H](O)[C@@H]1O. The van der Waals surface area contributed by atoms with Crippen molar-refractivity contribution in [1.82, 2.24) is 0 Å². The van der Waals surface area contributed by atoms with Crippen LogP contribution in [-0.4, -0.2) is 81.6 Å². The van der Waals surface area contributed by atoms with Gasteiger partial charge in [-0.05, 0) is 12.5 Å². The molecule has 31 heavy (non-hydrogen) atoms. The van der Waals surface area contributed by atoms with Gasteiger partial charge in [-0.1, -0.05) is 0 Å². The predicted octanol–water partition coefficient (Wildman–Crippen LogP) is -0.308. The Bertz CT molecular complexity index is 806. The number of non-ortho nitro benzene ring substituents is 1. The van der Waals surface area contributed by atoms with E-state index in [0.717, 1.165) is 19.1 Å². The highest BCUT2D eigenvalue weighted by Crippen LogP contribution is 2.29. The Kier molecular flexibility index (Phi) is 8.58. The number of nitro benzene ring substituents is 2. The summed E-state index contributed by atoms with van der Waals surface area (Å²) < 4.78 is 15.5. The third kappa shape index (κ3) is 6.53. The number of hydrogen-bond donors (Lipinski definition) is 4. The second kappa shape index (κ2) is 10.9. The van der Waals surface area contributed by atoms with E-state index in [0.29, 0.717) is 0 Å². The van der Waals surface area contributed by atoms with Crippen LogP contribution in [0.25, 0.3) is 0 Å². The highest BCUT2D eigenvalue weighted by atomic mass is 16.7. The zero-order chi connectivity index (χ0) is 23.1. The van der Waals surface area contributed by atoms with Crippen molar-refractivity contribution in [1.29, 1.82) is 0 Å². The third-order valence-electron chi connectivity index (χ3n) is 4.43. The van der Waals surface area contributed by atoms with Gasteiger partial charge in [-0.2, -0.15) is 0 Å². The van der Waals surface area contributed by atoms with E-state index < -0.39 is 57.9 Å². The Morgan fingerprint density at radius 1 is 1.16 bits per heavy atom. The summed E-state index contributed by atoms with van der Waals surface area (Å²) in [6.07, 6.45) is -6.74. The summed E-state index contributed by atoms with van der Waals surface area (Å²) in [7, 11) is 0. The lowest BCUT2D eigenvalue weighted by molar-refractivity contribution is -0.393. The molecule has 0 unspecified atom stereocenters. The number of aliphatic hydroxyl groups excluding tert-OH is 3. The van der Waals surface area contributed by atoms with Crippen molar-refractivity contribution >= 4 is 23.0 Å². The molecule has 0 aliphatic carbocycles. The molecule has 1 aromatic carbocycles. The first kappa shape index (κ1) is 24.4. The minimum Gasteiger partial charge on any atom is -0.463 e. The highest BCUT2D eigenvalue weighted by molar-refractivity contribution is 5.66. The van der Waals surface area contributed by atoms with E-state index in [-0.39, 0.29) is 31.9 Å². The van der Waals surface area contributed by atoms with Gasteiger partial charge in [-0.3, -0.25) is 25.0 Å². The number of rotatable bonds is 10. The fourth-order valence-corrected chi connectivity index (χ4v) is 2.82. The Morgan fingerprint density at radius 2 is 1.87 bits per heavy atom. The van der Waals surface area contributed by atoms with Crippen LogP contribution < -0.4 is 5.32 Å². The van der Waals surface area contributed by atoms with Gasteiger partial charge < -0.3 is 34.8 Å². The summed E-state index contributed by atoms with van der Waals surface area (Å²) in [6.45, 7) is 1.00. The normalized spacial score (nSPS) is 25.6. The van der Waals surface area contributed by atoms with Crippen molar-refractivity contribution in [2.24, 2.45) is 0 Å². The number of carbonyl (C=O) groups excluding carboxylic acids is 1. The molecule has 1 aromatic rings. The number of anilines is 1. The molecule has 1 saturated heterocycles. The van der Waals surface area contributed by atoms with Gasteiger partial charge in [0.25, 0.3) is 11.4 Å². The maximum atomic E-state index is 11.1. The molecule has 1 heterocycles. The summed E-state index contributed by atoms with van der Waals surface area (Å²) in [6, 6.07) is 3.21. The fraction of sp³-hybridized carbons (Fsp3) is 0.588. The molecule has 0 amide bonds. The van der Waals surface area contributed by atoms with Crippen LogP contribution in [0.1, 0.15) is 13.3 Å². The van der Waals surface area contributed by atoms with Crippen molar-refractivity contribution in [3.05, 3.63) is 38.4 Å². The van der Waals surface area contributed by atoms with Gasteiger partial charge in [0, 0.05) is 19.5 Å². The van der Waals surface area contributed by atoms with Gasteiger partial charge >= 0.3 is 5.97 Å². The van der Waals surface area contributed by atoms with Crippen LogP contribution in [-0.2, 0) is 19.0 Å². The average molecular weight is 445 g/mol. The van der Waals surface area contributed by atoms with Gasteiger partial charge in [0.2, 0.25) is 0 Å². The zero-order valence-corrected chi connectivity index (χ0v) is 16.4. The molecule has 172 valence electrons. The summed E-state index contributed by atoms with van der Waals surface area (Å²) in [4.78, 5) is 31.3. The van der Waals surface area contributed by atoms with Crippen LogP contribution in [0, 0.1) is 20.2 Å². The van der Waals surface area contributed by atoms with E-state index in [2.05, 4.69) is 5.32 Å². The lowest BCUT2D eigenvalue weighted by Gasteiger charge is -2.39. The Labute approximate surface area is 175 Å². The Morgan fingerprint density at radius 3 is 2.48 bits per heavy atom. The van der Waals surface area contributed by atoms with Crippen molar-refractivity contribution in [2.45, 2.75) is 44.1 Å². The second-order valence-corrected chi connectivity index (χ2v) is 6.68. The van der Waals surface area contributed by atoms with Crippen LogP contribution in [0.5, 0.6) is 0 Å². The van der Waals surface area contributed by atoms with Gasteiger partial charge in [0.05, 0.1) is 22.5 Å². The molecule has 0 saturated carbocycles. The smallest absolute Gasteiger partial charge is 0.302 e. The molecule has 1 fully saturated rings. The molecule has 1 aliphatic rings. The topological polar surface area (TPSA) is 204 Å². The first-order valence-corrected chi connectivity index (χ1v) is 9.23. The predicted molar refractivity (Wildman–Crippen MR) is 102 cm³/mol. The van der Waals surface area contributed by atoms with Crippen LogP contribution in [0.2, 0.25) is 0 Å². The fourth-order valence-electron chi connectivity index (χ4n) is 2.82. The maximum Gasteiger partial charge on any atom is 0.302 e. The van der Waals surface area contributed by atoms with Gasteiger partial charge in [-0.25, -0.2) is 0 Å². The molecule has 0 aromatic heterocycles. The van der Waals surface area contributed by atoms with E-state index in [9.17, 15) is 40.3 Å². The number of nitro groups is 2. The van der Waals surface area contributed by atoms with Crippen LogP contribution in [0.4, 0.5) is 17.1 Å². The quantitative estimate of drug-likeness (QED) is 0.158. The highest BCUT2D eigenvalue weighted by Gasteiger charge is 2.44. The number of ether oxygens (including phenoxy) is 3. The summed E-state index contributed by atoms with van der Waals surface area (Å²) >= 11 is 0. The van der Waals surface area contributed by atoms with Gasteiger partial charge in [0.1, 0.15) is 36.7 Å². The average Bonchev–Trinajstić information content (AvgIpc) is 2.72. The zero-order valence-electron chi connectivity index (χ0n) is 16.4. The molecular weight excluding hydrogens is 422 g/mol. The molecule has 0 spiro atoms. The molecule has 2 rings (SSSR count). The summed E-state index contributed by atoms with van der Waals surface area (Å²) in [5.74, 6) is -0.611. The molecule has 5 atom stereocenters. The maximum absolute atomic E-state index is 11.1. The summed E-state index contributed by atoms with van der Waals surface area (Å²) in [5.41, 5.74) is -0.774. The molecule has 0 radical (unpaired) electrons. The van der Waals surface area contributed by atoms with Crippen molar-refractivity contribution < 1.29 is 44.2 Å². The van der Waals surface area contributed by atoms with E-state index in [1.54, 1.807) is 0 Å². The number of nitrogens with one attached hydrogen (secondary N) is 1. The number of hydrogen-bond acceptors (Lipinski definition) is 12. The second-order valence-electron chi connectivity index (χ2n) is 6.68. The van der Waals surface area contributed by atoms with E-state index >= 15 is 0 Å². The molecule has 4 N–H and O–H groups in total. The minimum absolute atomic E-state index is 0.00138. The molecule has 0 bridgehead atoms. The minimum atomic E-state index is -1.58. The largest absolute Gasteiger partial charge is 0.463 e. The first-order chi connectivity index (χ1) is 14.6. The Hall–Kier alpha value is -2.91. The Balaban J connectivity index is 1.86. The van der Waals surface area contributed by atoms with Gasteiger partial charge in [0.15, 0.2) is 6.29 Å². The number of esters is 1. The third-order valence-corrected chi connectivity index (χ3v) is 4.43. The molecular formula is C17H23N3O11. The summed E-state index contributed by atoms with van der Waals surface area (Å²) in [5, 5.41) is 54.5. The lowest BCUT2D eigenvalue weighted by Crippen LogP contribution is -2.59. The van der Waals surface area contributed by atoms with E-state index in [4.69, 9.17) is 14.2 Å². The van der Waals surface area contributed by atoms with E-state index in [1.807, 2.05) is 0 Å². The standard InChI is InChI=1S/C17H23N3O11/c1-9(21)30-8-13-14(22)15(23)16(24)17(31-13)29-6-2-5-18-11-4-3-10(19(25)26)7-12(11)20(27)28/h3-4,7,13-18,22-24H,2,5-6,8H2,1H3/t13-,14-,15+,16-,17-/m1/s1. The first-order valence-electron chi connectivity index (χ1n) is 9.23. The number of carbonyl (C=O) groups is 1. The molecule has 14 nitrogen and oxygen atoms in total. The van der Waals surface area contributed by atoms with Crippen molar-refractivity contribution in [3.8, 4) is 0 Å². The molecule has 1 aliphatic heterocycles. The van der Waals surface area contributed by atoms with E-state index in [1.165, 1.54) is 6.07 Å². The lowest BCUT2D eigenvalue weighted by atomic mass is 9.99. The van der Waals surface area contributed by atoms with Crippen LogP contribution >= 0.6 is 0 Å². The van der Waals surface area contributed by atoms with Crippen molar-refractivity contribution in [3.63, 3.8) is 0 Å². The number of benzene rings is 1. The van der Waals surface area contributed by atoms with Gasteiger partial charge in [-0.15, -0.1) is 0 Å². The van der Waals surface area contributed by atoms with Crippen molar-refractivity contribution in [2.75, 3.05) is 25.1 Å². The number of nitrogens with zero attached hydrogens (tertiary/aromatic N) is 2. The van der Waals surface area contributed by atoms with Crippen LogP contribution in [0.15, 0.2) is 18.2 Å².